The summed E-state index contributed by atoms with van der Waals surface area (Å²) in [6.45, 7) is 0. The number of aromatic nitrogens is 1. The first-order valence-corrected chi connectivity index (χ1v) is 5.30. The molecule has 0 amide bonds. The molecule has 86 valence electrons. The van der Waals surface area contributed by atoms with Gasteiger partial charge in [0.05, 0.1) is 11.3 Å². The van der Waals surface area contributed by atoms with E-state index in [9.17, 15) is 22.0 Å². The Morgan fingerprint density at radius 2 is 2.06 bits per heavy atom. The van der Waals surface area contributed by atoms with Gasteiger partial charge in [0.15, 0.2) is 4.90 Å². The van der Waals surface area contributed by atoms with E-state index in [0.717, 1.165) is 0 Å². The van der Waals surface area contributed by atoms with Crippen LogP contribution in [0.5, 0.6) is 0 Å². The number of pyridine rings is 1. The molecule has 1 aromatic rings. The summed E-state index contributed by atoms with van der Waals surface area (Å²) < 4.78 is 46.3. The van der Waals surface area contributed by atoms with Crippen molar-refractivity contribution in [1.29, 1.82) is 5.26 Å². The SMILES string of the molecule is N#Cc1cc(C(F)F)[nH]c(=O)c1S(N)(=O)=O. The van der Waals surface area contributed by atoms with Crippen LogP contribution in [-0.2, 0) is 10.0 Å². The number of nitriles is 1. The molecule has 1 rings (SSSR count). The fourth-order valence-electron chi connectivity index (χ4n) is 1.05. The van der Waals surface area contributed by atoms with Crippen molar-refractivity contribution in [1.82, 2.24) is 4.98 Å². The number of hydrogen-bond donors (Lipinski definition) is 2. The Hall–Kier alpha value is -1.79. The van der Waals surface area contributed by atoms with Gasteiger partial charge in [-0.2, -0.15) is 5.26 Å². The summed E-state index contributed by atoms with van der Waals surface area (Å²) in [5.41, 5.74) is -2.88. The van der Waals surface area contributed by atoms with Crippen molar-refractivity contribution in [3.63, 3.8) is 0 Å². The van der Waals surface area contributed by atoms with Crippen LogP contribution in [-0.4, -0.2) is 13.4 Å². The molecular weight excluding hydrogens is 244 g/mol. The number of primary sulfonamides is 1. The molecule has 1 aromatic heterocycles. The number of nitrogens with zero attached hydrogens (tertiary/aromatic N) is 1. The molecule has 3 N–H and O–H groups in total. The number of aromatic amines is 1. The van der Waals surface area contributed by atoms with E-state index >= 15 is 0 Å². The average Bonchev–Trinajstić information content (AvgIpc) is 2.14. The van der Waals surface area contributed by atoms with E-state index in [-0.39, 0.29) is 0 Å². The lowest BCUT2D eigenvalue weighted by Gasteiger charge is -2.03. The fraction of sp³-hybridized carbons (Fsp3) is 0.143. The summed E-state index contributed by atoms with van der Waals surface area (Å²) in [6.07, 6.45) is -3.02. The normalized spacial score (nSPS) is 11.4. The third-order valence-electron chi connectivity index (χ3n) is 1.65. The zero-order valence-electron chi connectivity index (χ0n) is 7.57. The molecule has 0 spiro atoms. The summed E-state index contributed by atoms with van der Waals surface area (Å²) in [4.78, 5) is 11.8. The second kappa shape index (κ2) is 3.99. The minimum Gasteiger partial charge on any atom is -0.320 e. The summed E-state index contributed by atoms with van der Waals surface area (Å²) in [5.74, 6) is 0. The van der Waals surface area contributed by atoms with Crippen LogP contribution in [0.4, 0.5) is 8.78 Å². The molecular formula is C7H5F2N3O3S. The fourth-order valence-corrected chi connectivity index (χ4v) is 1.77. The maximum atomic E-state index is 12.2. The molecule has 0 aliphatic heterocycles. The van der Waals surface area contributed by atoms with Crippen LogP contribution in [0.25, 0.3) is 0 Å². The van der Waals surface area contributed by atoms with Crippen LogP contribution in [0.15, 0.2) is 15.8 Å². The molecule has 0 unspecified atom stereocenters. The first kappa shape index (κ1) is 12.3. The Labute approximate surface area is 88.4 Å². The van der Waals surface area contributed by atoms with Crippen LogP contribution >= 0.6 is 0 Å². The predicted molar refractivity (Wildman–Crippen MR) is 48.1 cm³/mol. The molecule has 0 radical (unpaired) electrons. The Balaban J connectivity index is 3.69. The van der Waals surface area contributed by atoms with E-state index in [1.54, 1.807) is 4.98 Å². The largest absolute Gasteiger partial charge is 0.320 e. The third kappa shape index (κ3) is 2.23. The summed E-state index contributed by atoms with van der Waals surface area (Å²) >= 11 is 0. The van der Waals surface area contributed by atoms with E-state index in [1.165, 1.54) is 6.07 Å². The molecule has 16 heavy (non-hydrogen) atoms. The van der Waals surface area contributed by atoms with Gasteiger partial charge in [0, 0.05) is 0 Å². The monoisotopic (exact) mass is 249 g/mol. The van der Waals surface area contributed by atoms with Gasteiger partial charge in [-0.25, -0.2) is 22.3 Å². The van der Waals surface area contributed by atoms with Crippen LogP contribution in [0.1, 0.15) is 17.7 Å². The molecule has 0 aromatic carbocycles. The van der Waals surface area contributed by atoms with Crippen LogP contribution in [0, 0.1) is 11.3 Å². The van der Waals surface area contributed by atoms with E-state index in [4.69, 9.17) is 5.26 Å². The molecule has 0 saturated carbocycles. The van der Waals surface area contributed by atoms with Crippen molar-refractivity contribution in [2.24, 2.45) is 5.14 Å². The minimum absolute atomic E-state index is 0.575. The van der Waals surface area contributed by atoms with Gasteiger partial charge in [-0.3, -0.25) is 4.79 Å². The highest BCUT2D eigenvalue weighted by Gasteiger charge is 2.22. The van der Waals surface area contributed by atoms with Crippen molar-refractivity contribution >= 4 is 10.0 Å². The first-order chi connectivity index (χ1) is 7.27. The Morgan fingerprint density at radius 1 is 1.50 bits per heavy atom. The number of hydrogen-bond acceptors (Lipinski definition) is 4. The van der Waals surface area contributed by atoms with Crippen molar-refractivity contribution in [2.75, 3.05) is 0 Å². The lowest BCUT2D eigenvalue weighted by molar-refractivity contribution is 0.145. The van der Waals surface area contributed by atoms with Crippen LogP contribution in [0.2, 0.25) is 0 Å². The Kier molecular flexibility index (Phi) is 3.06. The lowest BCUT2D eigenvalue weighted by atomic mass is 10.2. The van der Waals surface area contributed by atoms with Crippen molar-refractivity contribution in [3.8, 4) is 6.07 Å². The van der Waals surface area contributed by atoms with E-state index < -0.39 is 38.2 Å². The van der Waals surface area contributed by atoms with E-state index in [2.05, 4.69) is 5.14 Å². The van der Waals surface area contributed by atoms with Crippen molar-refractivity contribution < 1.29 is 17.2 Å². The van der Waals surface area contributed by atoms with Gasteiger partial charge < -0.3 is 4.98 Å². The molecule has 0 atom stereocenters. The van der Waals surface area contributed by atoms with Gasteiger partial charge in [-0.15, -0.1) is 0 Å². The summed E-state index contributed by atoms with van der Waals surface area (Å²) in [6, 6.07) is 1.90. The minimum atomic E-state index is -4.43. The molecule has 6 nitrogen and oxygen atoms in total. The molecule has 0 aliphatic rings. The highest BCUT2D eigenvalue weighted by molar-refractivity contribution is 7.89. The molecule has 0 fully saturated rings. The summed E-state index contributed by atoms with van der Waals surface area (Å²) in [5, 5.41) is 13.2. The number of nitrogens with one attached hydrogen (secondary N) is 1. The number of nitrogens with two attached hydrogens (primary N) is 1. The van der Waals surface area contributed by atoms with Gasteiger partial charge in [0.25, 0.3) is 12.0 Å². The first-order valence-electron chi connectivity index (χ1n) is 3.75. The smallest absolute Gasteiger partial charge is 0.278 e. The van der Waals surface area contributed by atoms with E-state index in [0.29, 0.717) is 6.07 Å². The highest BCUT2D eigenvalue weighted by Crippen LogP contribution is 2.18. The van der Waals surface area contributed by atoms with Gasteiger partial charge in [-0.05, 0) is 6.07 Å². The second-order valence-corrected chi connectivity index (χ2v) is 4.25. The number of H-pyrrole nitrogens is 1. The number of rotatable bonds is 2. The number of halogens is 2. The maximum absolute atomic E-state index is 12.2. The quantitative estimate of drug-likeness (QED) is 0.756. The predicted octanol–water partition coefficient (Wildman–Crippen LogP) is -0.168. The van der Waals surface area contributed by atoms with Gasteiger partial charge in [0.1, 0.15) is 6.07 Å². The second-order valence-electron chi connectivity index (χ2n) is 2.75. The van der Waals surface area contributed by atoms with Gasteiger partial charge in [0.2, 0.25) is 10.0 Å². The molecule has 9 heteroatoms. The molecule has 0 aliphatic carbocycles. The standard InChI is InChI=1S/C7H5F2N3O3S/c8-6(9)4-1-3(2-10)5(7(13)12-4)16(11,14)15/h1,6H,(H,12,13)(H2,11,14,15). The zero-order valence-corrected chi connectivity index (χ0v) is 8.38. The van der Waals surface area contributed by atoms with Crippen LogP contribution < -0.4 is 10.7 Å². The van der Waals surface area contributed by atoms with Crippen molar-refractivity contribution in [2.45, 2.75) is 11.3 Å². The zero-order chi connectivity index (χ0) is 12.5. The Morgan fingerprint density at radius 3 is 2.44 bits per heavy atom. The topological polar surface area (TPSA) is 117 Å². The van der Waals surface area contributed by atoms with Gasteiger partial charge >= 0.3 is 0 Å². The van der Waals surface area contributed by atoms with E-state index in [1.807, 2.05) is 0 Å². The van der Waals surface area contributed by atoms with Crippen molar-refractivity contribution in [3.05, 3.63) is 27.7 Å². The molecule has 0 saturated heterocycles. The Bertz CT molecular complexity index is 615. The van der Waals surface area contributed by atoms with Crippen LogP contribution in [0.3, 0.4) is 0 Å². The third-order valence-corrected chi connectivity index (χ3v) is 2.62. The highest BCUT2D eigenvalue weighted by atomic mass is 32.2. The number of sulfonamides is 1. The molecule has 0 bridgehead atoms. The lowest BCUT2D eigenvalue weighted by Crippen LogP contribution is -2.26. The number of alkyl halides is 2. The maximum Gasteiger partial charge on any atom is 0.278 e. The average molecular weight is 249 g/mol. The molecule has 1 heterocycles. The van der Waals surface area contributed by atoms with Gasteiger partial charge in [-0.1, -0.05) is 0 Å². The summed E-state index contributed by atoms with van der Waals surface area (Å²) in [7, 11) is -4.43.